The molecule has 0 amide bonds. The topological polar surface area (TPSA) is 40.6 Å². The minimum absolute atomic E-state index is 0.0457. The number of hydrogen-bond acceptors (Lipinski definition) is 3. The van der Waals surface area contributed by atoms with Gasteiger partial charge in [0.2, 0.25) is 10.0 Å². The quantitative estimate of drug-likeness (QED) is 0.777. The number of hydrogen-bond donors (Lipinski definition) is 0. The molecule has 0 aromatic heterocycles. The second-order valence-corrected chi connectivity index (χ2v) is 8.90. The molecule has 2 aromatic carbocycles. The van der Waals surface area contributed by atoms with E-state index in [0.29, 0.717) is 11.4 Å². The van der Waals surface area contributed by atoms with Crippen LogP contribution >= 0.6 is 0 Å². The molecule has 1 aliphatic rings. The number of aryl methyl sites for hydroxylation is 1. The van der Waals surface area contributed by atoms with Gasteiger partial charge < -0.3 is 4.90 Å². The Morgan fingerprint density at radius 2 is 1.62 bits per heavy atom. The molecule has 0 spiro atoms. The number of rotatable bonds is 6. The third-order valence-electron chi connectivity index (χ3n) is 5.22. The van der Waals surface area contributed by atoms with Crippen LogP contribution in [0.25, 0.3) is 0 Å². The highest BCUT2D eigenvalue weighted by molar-refractivity contribution is 7.89. The molecule has 4 nitrogen and oxygen atoms in total. The first kappa shape index (κ1) is 19.1. The summed E-state index contributed by atoms with van der Waals surface area (Å²) < 4.78 is 28.5. The zero-order valence-corrected chi connectivity index (χ0v) is 16.5. The molecule has 1 aliphatic heterocycles. The average molecular weight is 373 g/mol. The van der Waals surface area contributed by atoms with Crippen molar-refractivity contribution in [3.8, 4) is 0 Å². The summed E-state index contributed by atoms with van der Waals surface area (Å²) in [5.41, 5.74) is 2.09. The molecule has 1 heterocycles. The lowest BCUT2D eigenvalue weighted by Crippen LogP contribution is -2.46. The summed E-state index contributed by atoms with van der Waals surface area (Å²) in [5, 5.41) is 0. The lowest BCUT2D eigenvalue weighted by molar-refractivity contribution is 0.161. The Labute approximate surface area is 157 Å². The zero-order chi connectivity index (χ0) is 18.6. The summed E-state index contributed by atoms with van der Waals surface area (Å²) in [6, 6.07) is 17.1. The van der Waals surface area contributed by atoms with E-state index in [1.54, 1.807) is 16.4 Å². The second-order valence-electron chi connectivity index (χ2n) is 7.01. The summed E-state index contributed by atoms with van der Waals surface area (Å²) in [6.07, 6.45) is 1.76. The van der Waals surface area contributed by atoms with Gasteiger partial charge in [-0.25, -0.2) is 8.42 Å². The van der Waals surface area contributed by atoms with Crippen LogP contribution in [0.15, 0.2) is 59.5 Å². The molecular weight excluding hydrogens is 344 g/mol. The van der Waals surface area contributed by atoms with Crippen LogP contribution in [0.4, 0.5) is 0 Å². The fourth-order valence-electron chi connectivity index (χ4n) is 3.54. The first-order chi connectivity index (χ1) is 12.5. The van der Waals surface area contributed by atoms with Gasteiger partial charge in [-0.2, -0.15) is 4.31 Å². The third kappa shape index (κ3) is 4.34. The maximum atomic E-state index is 13.4. The van der Waals surface area contributed by atoms with Crippen molar-refractivity contribution in [1.82, 2.24) is 9.21 Å². The Morgan fingerprint density at radius 3 is 2.19 bits per heavy atom. The van der Waals surface area contributed by atoms with Gasteiger partial charge in [0, 0.05) is 12.6 Å². The van der Waals surface area contributed by atoms with E-state index in [0.717, 1.165) is 43.6 Å². The number of benzene rings is 2. The lowest BCUT2D eigenvalue weighted by atomic mass is 10.0. The fourth-order valence-corrected chi connectivity index (χ4v) is 5.22. The van der Waals surface area contributed by atoms with Crippen LogP contribution in [-0.4, -0.2) is 43.3 Å². The molecule has 0 radical (unpaired) electrons. The molecule has 140 valence electrons. The van der Waals surface area contributed by atoms with Gasteiger partial charge in [0.05, 0.1) is 4.90 Å². The summed E-state index contributed by atoms with van der Waals surface area (Å²) in [5.74, 6) is 0. The van der Waals surface area contributed by atoms with E-state index in [9.17, 15) is 8.42 Å². The number of nitrogens with zero attached hydrogens (tertiary/aromatic N) is 2. The van der Waals surface area contributed by atoms with Gasteiger partial charge in [-0.1, -0.05) is 55.0 Å². The SMILES string of the molecule is CCN1CCC(N(Cc2ccccc2)S(=O)(=O)c2ccc(C)cc2)CC1. The Balaban J connectivity index is 1.90. The molecular formula is C21H28N2O2S. The van der Waals surface area contributed by atoms with Crippen molar-refractivity contribution >= 4 is 10.0 Å². The molecule has 0 bridgehead atoms. The van der Waals surface area contributed by atoms with Crippen LogP contribution in [0.2, 0.25) is 0 Å². The lowest BCUT2D eigenvalue weighted by Gasteiger charge is -2.37. The minimum Gasteiger partial charge on any atom is -0.303 e. The maximum Gasteiger partial charge on any atom is 0.243 e. The van der Waals surface area contributed by atoms with E-state index in [1.165, 1.54) is 0 Å². The van der Waals surface area contributed by atoms with Gasteiger partial charge >= 0.3 is 0 Å². The summed E-state index contributed by atoms with van der Waals surface area (Å²) in [4.78, 5) is 2.77. The summed E-state index contributed by atoms with van der Waals surface area (Å²) in [6.45, 7) is 7.49. The molecule has 3 rings (SSSR count). The average Bonchev–Trinajstić information content (AvgIpc) is 2.67. The van der Waals surface area contributed by atoms with Gasteiger partial charge in [0.25, 0.3) is 0 Å². The Bertz CT molecular complexity index is 796. The van der Waals surface area contributed by atoms with Crippen molar-refractivity contribution in [2.45, 2.75) is 44.2 Å². The summed E-state index contributed by atoms with van der Waals surface area (Å²) in [7, 11) is -3.53. The van der Waals surface area contributed by atoms with Gasteiger partial charge in [-0.15, -0.1) is 0 Å². The van der Waals surface area contributed by atoms with Crippen LogP contribution in [-0.2, 0) is 16.6 Å². The van der Waals surface area contributed by atoms with Crippen molar-refractivity contribution in [3.05, 3.63) is 65.7 Å². The second kappa shape index (κ2) is 8.33. The highest BCUT2D eigenvalue weighted by Crippen LogP contribution is 2.26. The molecule has 1 fully saturated rings. The predicted molar refractivity (Wildman–Crippen MR) is 105 cm³/mol. The van der Waals surface area contributed by atoms with E-state index in [4.69, 9.17) is 0 Å². The van der Waals surface area contributed by atoms with Crippen LogP contribution < -0.4 is 0 Å². The Hall–Kier alpha value is -1.69. The maximum absolute atomic E-state index is 13.4. The van der Waals surface area contributed by atoms with Crippen LogP contribution in [0.5, 0.6) is 0 Å². The van der Waals surface area contributed by atoms with Crippen molar-refractivity contribution in [1.29, 1.82) is 0 Å². The van der Waals surface area contributed by atoms with Crippen molar-refractivity contribution < 1.29 is 8.42 Å². The molecule has 2 aromatic rings. The van der Waals surface area contributed by atoms with E-state index in [-0.39, 0.29) is 6.04 Å². The van der Waals surface area contributed by atoms with Gasteiger partial charge in [-0.05, 0) is 57.1 Å². The number of piperidine rings is 1. The largest absolute Gasteiger partial charge is 0.303 e. The Morgan fingerprint density at radius 1 is 1.00 bits per heavy atom. The third-order valence-corrected chi connectivity index (χ3v) is 7.13. The summed E-state index contributed by atoms with van der Waals surface area (Å²) >= 11 is 0. The monoisotopic (exact) mass is 372 g/mol. The van der Waals surface area contributed by atoms with Gasteiger partial charge in [0.1, 0.15) is 0 Å². The predicted octanol–water partition coefficient (Wildman–Crippen LogP) is 3.67. The molecule has 0 atom stereocenters. The van der Waals surface area contributed by atoms with Crippen LogP contribution in [0, 0.1) is 6.92 Å². The fraction of sp³-hybridized carbons (Fsp3) is 0.429. The van der Waals surface area contributed by atoms with E-state index in [2.05, 4.69) is 11.8 Å². The molecule has 0 aliphatic carbocycles. The number of sulfonamides is 1. The first-order valence-electron chi connectivity index (χ1n) is 9.35. The zero-order valence-electron chi connectivity index (χ0n) is 15.6. The van der Waals surface area contributed by atoms with E-state index < -0.39 is 10.0 Å². The molecule has 1 saturated heterocycles. The van der Waals surface area contributed by atoms with Crippen LogP contribution in [0.1, 0.15) is 30.9 Å². The van der Waals surface area contributed by atoms with Gasteiger partial charge in [-0.3, -0.25) is 0 Å². The van der Waals surface area contributed by atoms with E-state index in [1.807, 2.05) is 49.4 Å². The minimum atomic E-state index is -3.53. The molecule has 0 N–H and O–H groups in total. The molecule has 0 saturated carbocycles. The highest BCUT2D eigenvalue weighted by Gasteiger charge is 2.33. The highest BCUT2D eigenvalue weighted by atomic mass is 32.2. The van der Waals surface area contributed by atoms with Crippen molar-refractivity contribution in [3.63, 3.8) is 0 Å². The molecule has 5 heteroatoms. The smallest absolute Gasteiger partial charge is 0.243 e. The molecule has 26 heavy (non-hydrogen) atoms. The van der Waals surface area contributed by atoms with Gasteiger partial charge in [0.15, 0.2) is 0 Å². The van der Waals surface area contributed by atoms with Crippen LogP contribution in [0.3, 0.4) is 0 Å². The molecule has 0 unspecified atom stereocenters. The normalized spacial score (nSPS) is 16.9. The first-order valence-corrected chi connectivity index (χ1v) is 10.8. The van der Waals surface area contributed by atoms with Crippen molar-refractivity contribution in [2.24, 2.45) is 0 Å². The van der Waals surface area contributed by atoms with Crippen molar-refractivity contribution in [2.75, 3.05) is 19.6 Å². The number of likely N-dealkylation sites (tertiary alicyclic amines) is 1. The van der Waals surface area contributed by atoms with E-state index >= 15 is 0 Å². The Kier molecular flexibility index (Phi) is 6.12. The standard InChI is InChI=1S/C21H28N2O2S/c1-3-22-15-13-20(14-16-22)23(17-19-7-5-4-6-8-19)26(24,25)21-11-9-18(2)10-12-21/h4-12,20H,3,13-17H2,1-2H3.